The fourth-order valence-electron chi connectivity index (χ4n) is 3.54. The van der Waals surface area contributed by atoms with Crippen molar-refractivity contribution in [3.8, 4) is 27.4 Å². The van der Waals surface area contributed by atoms with Crippen LogP contribution in [0.4, 0.5) is 10.9 Å². The van der Waals surface area contributed by atoms with Gasteiger partial charge < -0.3 is 15.2 Å². The van der Waals surface area contributed by atoms with Crippen molar-refractivity contribution >= 4 is 39.6 Å². The smallest absolute Gasteiger partial charge is 0.339 e. The first kappa shape index (κ1) is 23.9. The first-order valence-corrected chi connectivity index (χ1v) is 12.8. The number of ether oxygens (including phenoxy) is 1. The van der Waals surface area contributed by atoms with Gasteiger partial charge in [0.15, 0.2) is 5.13 Å². The number of thiophene rings is 1. The van der Waals surface area contributed by atoms with Gasteiger partial charge in [-0.2, -0.15) is 0 Å². The van der Waals surface area contributed by atoms with Crippen molar-refractivity contribution in [2.75, 3.05) is 5.32 Å². The van der Waals surface area contributed by atoms with Crippen LogP contribution in [0.5, 0.6) is 5.75 Å². The van der Waals surface area contributed by atoms with E-state index in [2.05, 4.69) is 24.1 Å². The van der Waals surface area contributed by atoms with Crippen LogP contribution in [0.25, 0.3) is 21.7 Å². The Labute approximate surface area is 207 Å². The van der Waals surface area contributed by atoms with Gasteiger partial charge in [-0.3, -0.25) is 0 Å². The van der Waals surface area contributed by atoms with Crippen LogP contribution in [0.2, 0.25) is 0 Å². The summed E-state index contributed by atoms with van der Waals surface area (Å²) in [6.45, 7) is 8.33. The molecule has 0 atom stereocenters. The lowest BCUT2D eigenvalue weighted by molar-refractivity contribution is 0.0697. The van der Waals surface area contributed by atoms with Crippen LogP contribution in [-0.2, 0) is 6.42 Å². The minimum absolute atomic E-state index is 0.0794. The number of pyridine rings is 1. The molecule has 6 nitrogen and oxygen atoms in total. The normalized spacial score (nSPS) is 11.2. The van der Waals surface area contributed by atoms with Gasteiger partial charge in [-0.25, -0.2) is 14.8 Å². The number of aromatic carboxylic acids is 1. The predicted octanol–water partition coefficient (Wildman–Crippen LogP) is 7.36. The minimum Gasteiger partial charge on any atom is -0.491 e. The van der Waals surface area contributed by atoms with Gasteiger partial charge in [-0.05, 0) is 55.8 Å². The number of rotatable bonds is 9. The lowest BCUT2D eigenvalue weighted by Crippen LogP contribution is -2.05. The Morgan fingerprint density at radius 1 is 1.12 bits per heavy atom. The molecule has 0 saturated carbocycles. The maximum absolute atomic E-state index is 12.0. The summed E-state index contributed by atoms with van der Waals surface area (Å²) in [5.74, 6) is 0.483. The summed E-state index contributed by atoms with van der Waals surface area (Å²) in [5, 5.41) is 15.5. The third-order valence-electron chi connectivity index (χ3n) is 4.92. The number of nitrogens with one attached hydrogen (secondary N) is 1. The molecular formula is C26H27N3O3S2. The summed E-state index contributed by atoms with van der Waals surface area (Å²) in [7, 11) is 0. The van der Waals surface area contributed by atoms with Crippen molar-refractivity contribution < 1.29 is 14.6 Å². The number of carboxylic acids is 1. The molecule has 0 unspecified atom stereocenters. The third kappa shape index (κ3) is 5.63. The third-order valence-corrected chi connectivity index (χ3v) is 6.83. The van der Waals surface area contributed by atoms with E-state index in [0.29, 0.717) is 11.0 Å². The highest BCUT2D eigenvalue weighted by molar-refractivity contribution is 7.16. The quantitative estimate of drug-likeness (QED) is 0.253. The Balaban J connectivity index is 1.69. The van der Waals surface area contributed by atoms with Crippen LogP contribution in [0.15, 0.2) is 54.0 Å². The summed E-state index contributed by atoms with van der Waals surface area (Å²) in [4.78, 5) is 23.4. The molecule has 1 aromatic carbocycles. The van der Waals surface area contributed by atoms with E-state index in [1.54, 1.807) is 23.6 Å². The zero-order valence-electron chi connectivity index (χ0n) is 19.5. The van der Waals surface area contributed by atoms with Crippen LogP contribution in [0.3, 0.4) is 0 Å². The van der Waals surface area contributed by atoms with Gasteiger partial charge in [0.05, 0.1) is 11.8 Å². The fourth-order valence-corrected chi connectivity index (χ4v) is 5.44. The van der Waals surface area contributed by atoms with Gasteiger partial charge in [-0.1, -0.05) is 32.0 Å². The molecule has 3 aromatic heterocycles. The predicted molar refractivity (Wildman–Crippen MR) is 140 cm³/mol. The SMILES string of the molecule is CC(C)Cc1sc(Nc2ncc(-c3cccs3)cc2C(=O)O)nc1-c1cccc(OC(C)C)c1. The van der Waals surface area contributed by atoms with E-state index in [1.165, 1.54) is 11.3 Å². The molecule has 0 saturated heterocycles. The van der Waals surface area contributed by atoms with Gasteiger partial charge in [-0.15, -0.1) is 22.7 Å². The number of thiazole rings is 1. The summed E-state index contributed by atoms with van der Waals surface area (Å²) in [6.07, 6.45) is 2.63. The highest BCUT2D eigenvalue weighted by atomic mass is 32.1. The molecule has 8 heteroatoms. The van der Waals surface area contributed by atoms with Crippen molar-refractivity contribution in [1.29, 1.82) is 0 Å². The molecule has 0 aliphatic carbocycles. The molecule has 4 rings (SSSR count). The Bertz CT molecular complexity index is 1280. The number of carbonyl (C=O) groups is 1. The lowest BCUT2D eigenvalue weighted by Gasteiger charge is -2.11. The fraction of sp³-hybridized carbons (Fsp3) is 0.269. The molecule has 0 bridgehead atoms. The van der Waals surface area contributed by atoms with E-state index in [4.69, 9.17) is 9.72 Å². The van der Waals surface area contributed by atoms with Gasteiger partial charge in [0.25, 0.3) is 0 Å². The van der Waals surface area contributed by atoms with E-state index < -0.39 is 5.97 Å². The van der Waals surface area contributed by atoms with Gasteiger partial charge in [0, 0.05) is 27.1 Å². The molecular weight excluding hydrogens is 466 g/mol. The maximum Gasteiger partial charge on any atom is 0.339 e. The number of hydrogen-bond donors (Lipinski definition) is 2. The summed E-state index contributed by atoms with van der Waals surface area (Å²) in [5.41, 5.74) is 2.74. The maximum atomic E-state index is 12.0. The second-order valence-electron chi connectivity index (χ2n) is 8.61. The second kappa shape index (κ2) is 10.4. The largest absolute Gasteiger partial charge is 0.491 e. The number of hydrogen-bond acceptors (Lipinski definition) is 7. The summed E-state index contributed by atoms with van der Waals surface area (Å²) < 4.78 is 5.87. The van der Waals surface area contributed by atoms with Crippen molar-refractivity contribution in [1.82, 2.24) is 9.97 Å². The average molecular weight is 494 g/mol. The molecule has 3 heterocycles. The molecule has 2 N–H and O–H groups in total. The summed E-state index contributed by atoms with van der Waals surface area (Å²) >= 11 is 3.07. The molecule has 0 amide bonds. The molecule has 0 fully saturated rings. The molecule has 0 aliphatic rings. The Morgan fingerprint density at radius 2 is 1.94 bits per heavy atom. The van der Waals surface area contributed by atoms with Crippen molar-refractivity contribution in [3.05, 3.63) is 64.5 Å². The molecule has 4 aromatic rings. The van der Waals surface area contributed by atoms with Crippen molar-refractivity contribution in [2.45, 2.75) is 40.2 Å². The number of carboxylic acid groups (broad SMARTS) is 1. The molecule has 176 valence electrons. The number of anilines is 2. The van der Waals surface area contributed by atoms with Gasteiger partial charge in [0.2, 0.25) is 0 Å². The zero-order valence-corrected chi connectivity index (χ0v) is 21.2. The minimum atomic E-state index is -1.04. The van der Waals surface area contributed by atoms with E-state index in [0.717, 1.165) is 38.7 Å². The van der Waals surface area contributed by atoms with Crippen LogP contribution in [-0.4, -0.2) is 27.1 Å². The lowest BCUT2D eigenvalue weighted by atomic mass is 10.0. The molecule has 34 heavy (non-hydrogen) atoms. The Hall–Kier alpha value is -3.23. The van der Waals surface area contributed by atoms with Crippen LogP contribution in [0.1, 0.15) is 42.9 Å². The van der Waals surface area contributed by atoms with Crippen LogP contribution < -0.4 is 10.1 Å². The van der Waals surface area contributed by atoms with Gasteiger partial charge in [0.1, 0.15) is 17.1 Å². The number of benzene rings is 1. The molecule has 0 spiro atoms. The first-order chi connectivity index (χ1) is 16.3. The highest BCUT2D eigenvalue weighted by Crippen LogP contribution is 2.36. The zero-order chi connectivity index (χ0) is 24.2. The van der Waals surface area contributed by atoms with E-state index >= 15 is 0 Å². The van der Waals surface area contributed by atoms with Gasteiger partial charge >= 0.3 is 5.97 Å². The second-order valence-corrected chi connectivity index (χ2v) is 10.6. The Kier molecular flexibility index (Phi) is 7.29. The Morgan fingerprint density at radius 3 is 2.62 bits per heavy atom. The van der Waals surface area contributed by atoms with E-state index in [1.807, 2.05) is 55.6 Å². The highest BCUT2D eigenvalue weighted by Gasteiger charge is 2.19. The monoisotopic (exact) mass is 493 g/mol. The van der Waals surface area contributed by atoms with Crippen LogP contribution >= 0.6 is 22.7 Å². The topological polar surface area (TPSA) is 84.3 Å². The molecule has 0 radical (unpaired) electrons. The standard InChI is InChI=1S/C26H27N3O3S2/c1-15(2)11-22-23(17-7-5-8-19(12-17)32-16(3)4)28-26(34-22)29-24-20(25(30)31)13-18(14-27-24)21-9-6-10-33-21/h5-10,12-16H,11H2,1-4H3,(H,30,31)(H,27,28,29). The van der Waals surface area contributed by atoms with Crippen molar-refractivity contribution in [2.24, 2.45) is 5.92 Å². The van der Waals surface area contributed by atoms with Crippen LogP contribution in [0, 0.1) is 5.92 Å². The first-order valence-electron chi connectivity index (χ1n) is 11.1. The van der Waals surface area contributed by atoms with E-state index in [-0.39, 0.29) is 17.5 Å². The molecule has 0 aliphatic heterocycles. The number of nitrogens with zero attached hydrogens (tertiary/aromatic N) is 2. The average Bonchev–Trinajstić information content (AvgIpc) is 3.44. The summed E-state index contributed by atoms with van der Waals surface area (Å²) in [6, 6.07) is 13.5. The number of aromatic nitrogens is 2. The van der Waals surface area contributed by atoms with Crippen molar-refractivity contribution in [3.63, 3.8) is 0 Å². The van der Waals surface area contributed by atoms with E-state index in [9.17, 15) is 9.90 Å².